The van der Waals surface area contributed by atoms with E-state index in [0.29, 0.717) is 13.2 Å². The zero-order valence-electron chi connectivity index (χ0n) is 6.85. The molecule has 1 aliphatic heterocycles. The first kappa shape index (κ1) is 17.3. The molecule has 0 aromatic heterocycles. The molecule has 1 fully saturated rings. The standard InChI is InChI=1S/C3H4O3.F6P.K/c4-3-5-1-2-6-3;1-7(2,3,4,5)6;/h1-2H2;;/q;-1;+1. The second-order valence-electron chi connectivity index (χ2n) is 1.91. The van der Waals surface area contributed by atoms with Gasteiger partial charge in [0.15, 0.2) is 0 Å². The topological polar surface area (TPSA) is 35.5 Å². The summed E-state index contributed by atoms with van der Waals surface area (Å²) in [6, 6.07) is 0. The molecule has 0 unspecified atom stereocenters. The van der Waals surface area contributed by atoms with Crippen LogP contribution in [0.25, 0.3) is 0 Å². The zero-order chi connectivity index (χ0) is 10.8. The van der Waals surface area contributed by atoms with Gasteiger partial charge in [0, 0.05) is 0 Å². The molecule has 1 heterocycles. The zero-order valence-corrected chi connectivity index (χ0v) is 10.9. The van der Waals surface area contributed by atoms with Crippen LogP contribution in [0.4, 0.5) is 30.0 Å². The molecule has 0 aliphatic carbocycles. The molecule has 3 nitrogen and oxygen atoms in total. The summed E-state index contributed by atoms with van der Waals surface area (Å²) in [4.78, 5) is 9.80. The number of carbonyl (C=O) groups is 1. The third-order valence-corrected chi connectivity index (χ3v) is 0.523. The molecule has 1 rings (SSSR count). The maximum absolute atomic E-state index is 10.7. The van der Waals surface area contributed by atoms with Gasteiger partial charge in [-0.15, -0.1) is 0 Å². The van der Waals surface area contributed by atoms with E-state index in [4.69, 9.17) is 0 Å². The summed E-state index contributed by atoms with van der Waals surface area (Å²) in [7, 11) is -10.7. The minimum atomic E-state index is -10.7. The van der Waals surface area contributed by atoms with E-state index in [2.05, 4.69) is 9.47 Å². The molecule has 0 amide bonds. The summed E-state index contributed by atoms with van der Waals surface area (Å²) in [5, 5.41) is 0. The van der Waals surface area contributed by atoms with Crippen molar-refractivity contribution in [2.24, 2.45) is 0 Å². The van der Waals surface area contributed by atoms with E-state index in [1.807, 2.05) is 0 Å². The average Bonchev–Trinajstić information content (AvgIpc) is 2.07. The van der Waals surface area contributed by atoms with Crippen LogP contribution in [0.2, 0.25) is 0 Å². The number of halogens is 6. The fourth-order valence-corrected chi connectivity index (χ4v) is 0.292. The third-order valence-electron chi connectivity index (χ3n) is 0.523. The predicted octanol–water partition coefficient (Wildman–Crippen LogP) is 0.540. The van der Waals surface area contributed by atoms with Gasteiger partial charge in [0.05, 0.1) is 0 Å². The Hall–Kier alpha value is 0.916. The van der Waals surface area contributed by atoms with Crippen molar-refractivity contribution in [1.29, 1.82) is 0 Å². The fraction of sp³-hybridized carbons (Fsp3) is 0.667. The first-order valence-electron chi connectivity index (χ1n) is 2.70. The van der Waals surface area contributed by atoms with E-state index in [0.717, 1.165) is 0 Å². The van der Waals surface area contributed by atoms with Crippen molar-refractivity contribution in [3.8, 4) is 0 Å². The largest absolute Gasteiger partial charge is 1.00 e. The van der Waals surface area contributed by atoms with E-state index >= 15 is 0 Å². The quantitative estimate of drug-likeness (QED) is 0.279. The number of rotatable bonds is 0. The minimum Gasteiger partial charge on any atom is -0.431 e. The van der Waals surface area contributed by atoms with Crippen LogP contribution in [0.15, 0.2) is 0 Å². The van der Waals surface area contributed by atoms with Crippen molar-refractivity contribution in [2.45, 2.75) is 0 Å². The summed E-state index contributed by atoms with van der Waals surface area (Å²) < 4.78 is 67.8. The summed E-state index contributed by atoms with van der Waals surface area (Å²) in [6.07, 6.45) is -0.546. The van der Waals surface area contributed by atoms with Crippen molar-refractivity contribution in [3.05, 3.63) is 0 Å². The van der Waals surface area contributed by atoms with Gasteiger partial charge in [-0.25, -0.2) is 4.79 Å². The van der Waals surface area contributed by atoms with Gasteiger partial charge in [-0.3, -0.25) is 0 Å². The molecule has 0 bridgehead atoms. The van der Waals surface area contributed by atoms with Gasteiger partial charge in [-0.05, 0) is 0 Å². The van der Waals surface area contributed by atoms with Gasteiger partial charge in [-0.1, -0.05) is 0 Å². The Morgan fingerprint density at radius 2 is 1.14 bits per heavy atom. The van der Waals surface area contributed by atoms with E-state index in [-0.39, 0.29) is 51.4 Å². The third kappa shape index (κ3) is 29.3. The second-order valence-corrected chi connectivity index (χ2v) is 3.82. The van der Waals surface area contributed by atoms with Crippen molar-refractivity contribution in [3.63, 3.8) is 0 Å². The SMILES string of the molecule is F[P-](F)(F)(F)(F)F.O=C1OCCO1.[K+]. The van der Waals surface area contributed by atoms with E-state index in [1.165, 1.54) is 0 Å². The Morgan fingerprint density at radius 3 is 1.21 bits per heavy atom. The molecule has 0 atom stereocenters. The molecule has 0 radical (unpaired) electrons. The normalized spacial score (nSPS) is 20.0. The Labute approximate surface area is 117 Å². The molecule has 0 aromatic carbocycles. The van der Waals surface area contributed by atoms with Crippen molar-refractivity contribution < 1.29 is 90.8 Å². The number of ether oxygens (including phenoxy) is 2. The van der Waals surface area contributed by atoms with E-state index < -0.39 is 14.0 Å². The van der Waals surface area contributed by atoms with E-state index in [9.17, 15) is 30.0 Å². The smallest absolute Gasteiger partial charge is 0.431 e. The first-order chi connectivity index (χ1) is 5.34. The van der Waals surface area contributed by atoms with Gasteiger partial charge in [0.25, 0.3) is 0 Å². The van der Waals surface area contributed by atoms with Crippen LogP contribution in [0, 0.1) is 0 Å². The Morgan fingerprint density at radius 1 is 0.929 bits per heavy atom. The van der Waals surface area contributed by atoms with Gasteiger partial charge >= 0.3 is 90.5 Å². The van der Waals surface area contributed by atoms with Crippen LogP contribution in [-0.2, 0) is 9.47 Å². The molecule has 82 valence electrons. The van der Waals surface area contributed by atoms with Crippen molar-refractivity contribution in [2.75, 3.05) is 13.2 Å². The average molecular weight is 272 g/mol. The van der Waals surface area contributed by atoms with Gasteiger partial charge < -0.3 is 9.47 Å². The summed E-state index contributed by atoms with van der Waals surface area (Å²) in [6.45, 7) is 0.831. The Kier molecular flexibility index (Phi) is 5.47. The summed E-state index contributed by atoms with van der Waals surface area (Å²) >= 11 is 0. The Balaban J connectivity index is 0. The molecule has 11 heteroatoms. The summed E-state index contributed by atoms with van der Waals surface area (Å²) in [5.41, 5.74) is 0. The molecule has 14 heavy (non-hydrogen) atoms. The molecular weight excluding hydrogens is 268 g/mol. The second kappa shape index (κ2) is 4.42. The maximum atomic E-state index is 9.87. The molecule has 0 N–H and O–H groups in total. The minimum absolute atomic E-state index is 0. The van der Waals surface area contributed by atoms with Crippen molar-refractivity contribution >= 4 is 14.0 Å². The monoisotopic (exact) mass is 272 g/mol. The van der Waals surface area contributed by atoms with Gasteiger partial charge in [-0.2, -0.15) is 0 Å². The molecule has 1 saturated heterocycles. The van der Waals surface area contributed by atoms with Crippen molar-refractivity contribution in [1.82, 2.24) is 0 Å². The maximum Gasteiger partial charge on any atom is 1.00 e. The molecular formula is C3H4F6KO3P. The number of hydrogen-bond acceptors (Lipinski definition) is 3. The predicted molar refractivity (Wildman–Crippen MR) is 30.9 cm³/mol. The molecule has 0 saturated carbocycles. The van der Waals surface area contributed by atoms with Crippen LogP contribution < -0.4 is 51.4 Å². The van der Waals surface area contributed by atoms with Crippen LogP contribution in [0.3, 0.4) is 0 Å². The number of carbonyl (C=O) groups excluding carboxylic acids is 1. The van der Waals surface area contributed by atoms with Crippen LogP contribution in [0.1, 0.15) is 0 Å². The van der Waals surface area contributed by atoms with Crippen LogP contribution >= 0.6 is 7.81 Å². The fourth-order valence-electron chi connectivity index (χ4n) is 0.292. The molecule has 0 aromatic rings. The molecule has 0 spiro atoms. The summed E-state index contributed by atoms with van der Waals surface area (Å²) in [5.74, 6) is 0. The first-order valence-corrected chi connectivity index (χ1v) is 4.73. The van der Waals surface area contributed by atoms with Crippen LogP contribution in [-0.4, -0.2) is 19.4 Å². The molecule has 1 aliphatic rings. The van der Waals surface area contributed by atoms with Gasteiger partial charge in [0.1, 0.15) is 13.2 Å². The Bertz CT molecular complexity index is 190. The number of cyclic esters (lactones) is 2. The number of hydrogen-bond donors (Lipinski definition) is 0. The van der Waals surface area contributed by atoms with E-state index in [1.54, 1.807) is 0 Å². The van der Waals surface area contributed by atoms with Gasteiger partial charge in [0.2, 0.25) is 0 Å². The van der Waals surface area contributed by atoms with Crippen LogP contribution in [0.5, 0.6) is 0 Å².